The Morgan fingerprint density at radius 3 is 2.50 bits per heavy atom. The molecule has 0 spiro atoms. The maximum atomic E-state index is 11.1. The maximum absolute atomic E-state index is 11.1. The Balaban J connectivity index is 4.37. The minimum Gasteiger partial charge on any atom is -0.465 e. The van der Waals surface area contributed by atoms with E-state index in [0.717, 1.165) is 31.3 Å². The highest BCUT2D eigenvalue weighted by Crippen LogP contribution is 2.13. The summed E-state index contributed by atoms with van der Waals surface area (Å²) in [5.41, 5.74) is 0.983. The first-order chi connectivity index (χ1) is 6.67. The van der Waals surface area contributed by atoms with Gasteiger partial charge in [0.15, 0.2) is 0 Å². The zero-order chi connectivity index (χ0) is 11.0. The van der Waals surface area contributed by atoms with Gasteiger partial charge in [-0.25, -0.2) is 4.79 Å². The molecule has 0 saturated carbocycles. The van der Waals surface area contributed by atoms with Crippen molar-refractivity contribution in [2.45, 2.75) is 39.5 Å². The lowest BCUT2D eigenvalue weighted by Crippen LogP contribution is -2.05. The first-order valence-corrected chi connectivity index (χ1v) is 4.85. The van der Waals surface area contributed by atoms with E-state index in [1.54, 1.807) is 0 Å². The number of ether oxygens (including phenoxy) is 1. The summed E-state index contributed by atoms with van der Waals surface area (Å²) < 4.78 is 4.51. The van der Waals surface area contributed by atoms with Crippen LogP contribution in [0.4, 0.5) is 0 Å². The van der Waals surface area contributed by atoms with E-state index in [9.17, 15) is 4.79 Å². The molecule has 0 aromatic rings. The molecular formula is C11H17NO2. The number of hydrogen-bond donors (Lipinski definition) is 0. The van der Waals surface area contributed by atoms with Crippen LogP contribution in [0.2, 0.25) is 0 Å². The summed E-state index contributed by atoms with van der Waals surface area (Å²) in [5, 5.41) is 8.75. The fourth-order valence-electron chi connectivity index (χ4n) is 1.18. The van der Waals surface area contributed by atoms with E-state index in [2.05, 4.69) is 11.7 Å². The number of carbonyl (C=O) groups is 1. The first kappa shape index (κ1) is 12.7. The summed E-state index contributed by atoms with van der Waals surface area (Å²) in [5.74, 6) is -0.526. The fourth-order valence-corrected chi connectivity index (χ4v) is 1.18. The largest absolute Gasteiger partial charge is 0.465 e. The molecule has 78 valence electrons. The van der Waals surface area contributed by atoms with Crippen molar-refractivity contribution >= 4 is 5.97 Å². The van der Waals surface area contributed by atoms with Crippen molar-refractivity contribution in [1.29, 1.82) is 5.26 Å². The van der Waals surface area contributed by atoms with Gasteiger partial charge >= 0.3 is 5.97 Å². The molecule has 0 aliphatic heterocycles. The quantitative estimate of drug-likeness (QED) is 0.293. The van der Waals surface area contributed by atoms with Gasteiger partial charge in [0, 0.05) is 0 Å². The van der Waals surface area contributed by atoms with Crippen LogP contribution in [0.1, 0.15) is 39.5 Å². The van der Waals surface area contributed by atoms with Gasteiger partial charge in [-0.15, -0.1) is 0 Å². The van der Waals surface area contributed by atoms with Crippen LogP contribution >= 0.6 is 0 Å². The van der Waals surface area contributed by atoms with Crippen LogP contribution in [-0.2, 0) is 9.53 Å². The van der Waals surface area contributed by atoms with Gasteiger partial charge in [-0.2, -0.15) is 5.26 Å². The Labute approximate surface area is 85.4 Å². The lowest BCUT2D eigenvalue weighted by atomic mass is 10.0. The van der Waals surface area contributed by atoms with Gasteiger partial charge < -0.3 is 4.74 Å². The third-order valence-electron chi connectivity index (χ3n) is 2.08. The number of allylic oxidation sites excluding steroid dienone is 1. The Bertz CT molecular complexity index is 261. The van der Waals surface area contributed by atoms with Gasteiger partial charge in [-0.1, -0.05) is 19.8 Å². The Kier molecular flexibility index (Phi) is 6.47. The molecule has 0 aliphatic carbocycles. The Morgan fingerprint density at radius 2 is 2.07 bits per heavy atom. The minimum absolute atomic E-state index is 0.156. The predicted octanol–water partition coefficient (Wildman–Crippen LogP) is 2.58. The minimum atomic E-state index is -0.526. The molecule has 0 rings (SSSR count). The van der Waals surface area contributed by atoms with Crippen LogP contribution in [0, 0.1) is 11.3 Å². The SMILES string of the molecule is CCCCC/C(C)=C(/C#N)C(=O)OC. The molecule has 0 fully saturated rings. The molecule has 0 aromatic carbocycles. The van der Waals surface area contributed by atoms with Crippen LogP contribution < -0.4 is 0 Å². The van der Waals surface area contributed by atoms with Gasteiger partial charge in [-0.3, -0.25) is 0 Å². The lowest BCUT2D eigenvalue weighted by Gasteiger charge is -2.03. The van der Waals surface area contributed by atoms with Crippen LogP contribution in [0.25, 0.3) is 0 Å². The topological polar surface area (TPSA) is 50.1 Å². The highest BCUT2D eigenvalue weighted by atomic mass is 16.5. The zero-order valence-electron chi connectivity index (χ0n) is 9.09. The third kappa shape index (κ3) is 4.08. The number of nitriles is 1. The molecule has 3 heteroatoms. The second-order valence-electron chi connectivity index (χ2n) is 3.22. The van der Waals surface area contributed by atoms with Gasteiger partial charge in [-0.05, 0) is 25.3 Å². The van der Waals surface area contributed by atoms with Crippen molar-refractivity contribution in [3.8, 4) is 6.07 Å². The summed E-state index contributed by atoms with van der Waals surface area (Å²) in [7, 11) is 1.29. The molecule has 0 heterocycles. The van der Waals surface area contributed by atoms with E-state index in [0.29, 0.717) is 0 Å². The van der Waals surface area contributed by atoms with E-state index in [1.807, 2.05) is 13.0 Å². The Morgan fingerprint density at radius 1 is 1.43 bits per heavy atom. The average molecular weight is 195 g/mol. The van der Waals surface area contributed by atoms with Crippen molar-refractivity contribution in [3.05, 3.63) is 11.1 Å². The second kappa shape index (κ2) is 7.14. The van der Waals surface area contributed by atoms with Crippen LogP contribution in [-0.4, -0.2) is 13.1 Å². The summed E-state index contributed by atoms with van der Waals surface area (Å²) in [6.07, 6.45) is 4.07. The van der Waals surface area contributed by atoms with E-state index in [1.165, 1.54) is 7.11 Å². The van der Waals surface area contributed by atoms with Crippen molar-refractivity contribution < 1.29 is 9.53 Å². The molecule has 0 aromatic heterocycles. The van der Waals surface area contributed by atoms with Crippen molar-refractivity contribution in [2.24, 2.45) is 0 Å². The average Bonchev–Trinajstić information content (AvgIpc) is 2.19. The maximum Gasteiger partial charge on any atom is 0.348 e. The van der Waals surface area contributed by atoms with E-state index in [4.69, 9.17) is 5.26 Å². The molecular weight excluding hydrogens is 178 g/mol. The normalized spacial score (nSPS) is 11.6. The molecule has 0 aliphatic rings. The second-order valence-corrected chi connectivity index (χ2v) is 3.22. The highest BCUT2D eigenvalue weighted by Gasteiger charge is 2.11. The highest BCUT2D eigenvalue weighted by molar-refractivity contribution is 5.93. The smallest absolute Gasteiger partial charge is 0.348 e. The molecule has 0 amide bonds. The van der Waals surface area contributed by atoms with Crippen LogP contribution in [0.15, 0.2) is 11.1 Å². The molecule has 14 heavy (non-hydrogen) atoms. The molecule has 3 nitrogen and oxygen atoms in total. The number of rotatable bonds is 5. The zero-order valence-corrected chi connectivity index (χ0v) is 9.09. The Hall–Kier alpha value is -1.30. The number of hydrogen-bond acceptors (Lipinski definition) is 3. The van der Waals surface area contributed by atoms with E-state index < -0.39 is 5.97 Å². The number of methoxy groups -OCH3 is 1. The van der Waals surface area contributed by atoms with Crippen molar-refractivity contribution in [2.75, 3.05) is 7.11 Å². The summed E-state index contributed by atoms with van der Waals surface area (Å²) in [4.78, 5) is 11.1. The molecule has 0 atom stereocenters. The van der Waals surface area contributed by atoms with Gasteiger partial charge in [0.1, 0.15) is 11.6 Å². The van der Waals surface area contributed by atoms with Gasteiger partial charge in [0.25, 0.3) is 0 Å². The monoisotopic (exact) mass is 195 g/mol. The molecule has 0 saturated heterocycles. The molecule has 0 N–H and O–H groups in total. The molecule has 0 unspecified atom stereocenters. The van der Waals surface area contributed by atoms with Gasteiger partial charge in [0.05, 0.1) is 7.11 Å². The summed E-state index contributed by atoms with van der Waals surface area (Å²) in [6, 6.07) is 1.88. The number of carbonyl (C=O) groups excluding carboxylic acids is 1. The van der Waals surface area contributed by atoms with Crippen molar-refractivity contribution in [3.63, 3.8) is 0 Å². The standard InChI is InChI=1S/C11H17NO2/c1-4-5-6-7-9(2)10(8-12)11(13)14-3/h4-7H2,1-3H3/b10-9-. The van der Waals surface area contributed by atoms with Crippen molar-refractivity contribution in [1.82, 2.24) is 0 Å². The fraction of sp³-hybridized carbons (Fsp3) is 0.636. The summed E-state index contributed by atoms with van der Waals surface area (Å²) in [6.45, 7) is 3.93. The first-order valence-electron chi connectivity index (χ1n) is 4.85. The van der Waals surface area contributed by atoms with Gasteiger partial charge in [0.2, 0.25) is 0 Å². The van der Waals surface area contributed by atoms with E-state index in [-0.39, 0.29) is 5.57 Å². The van der Waals surface area contributed by atoms with Crippen LogP contribution in [0.3, 0.4) is 0 Å². The third-order valence-corrected chi connectivity index (χ3v) is 2.08. The molecule has 0 bridgehead atoms. The molecule has 0 radical (unpaired) electrons. The lowest BCUT2D eigenvalue weighted by molar-refractivity contribution is -0.135. The number of esters is 1. The predicted molar refractivity (Wildman–Crippen MR) is 54.5 cm³/mol. The van der Waals surface area contributed by atoms with E-state index >= 15 is 0 Å². The number of unbranched alkanes of at least 4 members (excludes halogenated alkanes) is 2. The van der Waals surface area contributed by atoms with Crippen LogP contribution in [0.5, 0.6) is 0 Å². The summed E-state index contributed by atoms with van der Waals surface area (Å²) >= 11 is 0. The number of nitrogens with zero attached hydrogens (tertiary/aromatic N) is 1.